The zero-order valence-electron chi connectivity index (χ0n) is 31.8. The molecule has 0 aromatic heterocycles. The van der Waals surface area contributed by atoms with Gasteiger partial charge in [-0.1, -0.05) is 81.1 Å². The van der Waals surface area contributed by atoms with E-state index in [9.17, 15) is 0 Å². The number of epoxide rings is 1. The topological polar surface area (TPSA) is 109 Å². The van der Waals surface area contributed by atoms with Gasteiger partial charge in [0.1, 0.15) is 0 Å². The molecule has 0 aliphatic carbocycles. The van der Waals surface area contributed by atoms with Crippen LogP contribution in [0.4, 0.5) is 0 Å². The Balaban J connectivity index is 0. The van der Waals surface area contributed by atoms with E-state index in [2.05, 4.69) is 103 Å². The van der Waals surface area contributed by atoms with Crippen molar-refractivity contribution >= 4 is 0 Å². The third-order valence-corrected chi connectivity index (χ3v) is 8.83. The fourth-order valence-electron chi connectivity index (χ4n) is 5.20. The third kappa shape index (κ3) is 32.0. The molecule has 1 heterocycles. The monoisotopic (exact) mass is 645 g/mol. The number of nitrogens with one attached hydrogen (secondary N) is 8. The number of hydrogen-bond donors (Lipinski definition) is 8. The molecule has 1 aliphatic rings. The minimum Gasteiger partial charge on any atom is -0.377 e. The lowest BCUT2D eigenvalue weighted by atomic mass is 9.78. The summed E-state index contributed by atoms with van der Waals surface area (Å²) in [7, 11) is 0. The van der Waals surface area contributed by atoms with Gasteiger partial charge in [0.25, 0.3) is 0 Å². The molecule has 0 saturated carbocycles. The Morgan fingerprint density at radius 2 is 0.556 bits per heavy atom. The molecule has 1 saturated heterocycles. The van der Waals surface area contributed by atoms with Crippen LogP contribution in [0.15, 0.2) is 0 Å². The summed E-state index contributed by atoms with van der Waals surface area (Å²) in [6.45, 7) is 36.6. The first-order valence-corrected chi connectivity index (χ1v) is 19.2. The Hall–Kier alpha value is -0.360. The Morgan fingerprint density at radius 1 is 0.333 bits per heavy atom. The van der Waals surface area contributed by atoms with E-state index in [4.69, 9.17) is 0 Å². The van der Waals surface area contributed by atoms with Gasteiger partial charge in [-0.3, -0.25) is 0 Å². The third-order valence-electron chi connectivity index (χ3n) is 8.83. The molecule has 0 radical (unpaired) electrons. The molecule has 274 valence electrons. The molecule has 1 aliphatic heterocycles. The predicted octanol–water partition coefficient (Wildman–Crippen LogP) is 3.96. The molecular weight excluding hydrogens is 560 g/mol. The van der Waals surface area contributed by atoms with Crippen LogP contribution < -0.4 is 42.5 Å². The maximum atomic E-state index is 4.50. The van der Waals surface area contributed by atoms with Crippen molar-refractivity contribution in [2.24, 2.45) is 10.8 Å². The minimum absolute atomic E-state index is 0.130. The second kappa shape index (κ2) is 36.5. The van der Waals surface area contributed by atoms with E-state index in [1.54, 1.807) is 0 Å². The van der Waals surface area contributed by atoms with Gasteiger partial charge in [0.2, 0.25) is 0 Å². The van der Waals surface area contributed by atoms with Gasteiger partial charge in [-0.2, -0.15) is 0 Å². The van der Waals surface area contributed by atoms with Crippen LogP contribution in [0.1, 0.15) is 107 Å². The van der Waals surface area contributed by atoms with Crippen molar-refractivity contribution in [1.82, 2.24) is 42.5 Å². The number of hydrogen-bond acceptors (Lipinski definition) is 9. The van der Waals surface area contributed by atoms with Crippen molar-refractivity contribution in [3.63, 3.8) is 0 Å². The highest BCUT2D eigenvalue weighted by Gasteiger charge is 2.29. The van der Waals surface area contributed by atoms with E-state index in [1.807, 2.05) is 0 Å². The van der Waals surface area contributed by atoms with Gasteiger partial charge in [0.15, 0.2) is 0 Å². The minimum atomic E-state index is 0.130. The van der Waals surface area contributed by atoms with Crippen molar-refractivity contribution in [2.75, 3.05) is 118 Å². The molecule has 1 fully saturated rings. The summed E-state index contributed by atoms with van der Waals surface area (Å²) in [6.07, 6.45) is 10.1. The quantitative estimate of drug-likeness (QED) is 0.0408. The van der Waals surface area contributed by atoms with Crippen molar-refractivity contribution in [3.05, 3.63) is 0 Å². The van der Waals surface area contributed by atoms with E-state index in [-0.39, 0.29) is 5.41 Å². The molecule has 0 aromatic carbocycles. The van der Waals surface area contributed by atoms with E-state index < -0.39 is 0 Å². The molecule has 0 atom stereocenters. The van der Waals surface area contributed by atoms with Crippen LogP contribution in [0.2, 0.25) is 0 Å². The summed E-state index contributed by atoms with van der Waals surface area (Å²) >= 11 is 0. The molecular formula is C36H84N8O. The van der Waals surface area contributed by atoms with Gasteiger partial charge in [-0.25, -0.2) is 0 Å². The molecule has 9 nitrogen and oxygen atoms in total. The highest BCUT2D eigenvalue weighted by Crippen LogP contribution is 2.33. The van der Waals surface area contributed by atoms with Crippen LogP contribution >= 0.6 is 0 Å². The molecule has 0 amide bonds. The molecule has 0 unspecified atom stereocenters. The largest absolute Gasteiger partial charge is 0.377 e. The first-order chi connectivity index (χ1) is 22.0. The second-order valence-corrected chi connectivity index (χ2v) is 12.7. The van der Waals surface area contributed by atoms with E-state index in [1.165, 1.54) is 51.4 Å². The summed E-state index contributed by atoms with van der Waals surface area (Å²) in [4.78, 5) is 0. The fourth-order valence-corrected chi connectivity index (χ4v) is 5.20. The Morgan fingerprint density at radius 3 is 0.711 bits per heavy atom. The van der Waals surface area contributed by atoms with Crippen molar-refractivity contribution in [1.29, 1.82) is 0 Å². The molecule has 0 aromatic rings. The zero-order chi connectivity index (χ0) is 33.7. The van der Waals surface area contributed by atoms with Gasteiger partial charge in [0, 0.05) is 84.0 Å². The van der Waals surface area contributed by atoms with Crippen LogP contribution in [0.5, 0.6) is 0 Å². The highest BCUT2D eigenvalue weighted by atomic mass is 16.6. The smallest absolute Gasteiger partial charge is 0.0701 e. The van der Waals surface area contributed by atoms with Crippen molar-refractivity contribution in [3.8, 4) is 0 Å². The van der Waals surface area contributed by atoms with Crippen LogP contribution in [-0.4, -0.2) is 118 Å². The second-order valence-electron chi connectivity index (χ2n) is 12.7. The summed E-state index contributed by atoms with van der Waals surface area (Å²) in [5, 5.41) is 29.0. The Bertz CT molecular complexity index is 459. The first kappa shape index (κ1) is 46.8. The van der Waals surface area contributed by atoms with Crippen molar-refractivity contribution < 1.29 is 4.74 Å². The SMILES string of the molecule is C1CO1.CCC(CC)(CC)CC.CCCNCCNCC(CNCCNCCC)(CNCCNCCC)CNCCNCCC. The zero-order valence-corrected chi connectivity index (χ0v) is 31.8. The fraction of sp³-hybridized carbons (Fsp3) is 1.00. The number of ether oxygens (including phenoxy) is 1. The van der Waals surface area contributed by atoms with Gasteiger partial charge in [-0.15, -0.1) is 0 Å². The maximum absolute atomic E-state index is 4.50. The maximum Gasteiger partial charge on any atom is 0.0701 e. The standard InChI is InChI=1S/C25H60N8.C9H20.C2H4O/c1-5-9-26-13-17-30-21-25(22-31-18-14-27-10-6-2,23-32-19-15-28-11-7-3)24-33-20-16-29-12-8-4;1-5-9(6-2,7-3)8-4;1-2-3-1/h26-33H,5-24H2,1-4H3;5-8H2,1-4H3;1-2H2. The average Bonchev–Trinajstić information content (AvgIpc) is 3.96. The van der Waals surface area contributed by atoms with Crippen molar-refractivity contribution in [2.45, 2.75) is 107 Å². The van der Waals surface area contributed by atoms with E-state index >= 15 is 0 Å². The summed E-state index contributed by atoms with van der Waals surface area (Å²) in [5.74, 6) is 0. The van der Waals surface area contributed by atoms with Crippen LogP contribution in [0.3, 0.4) is 0 Å². The summed E-state index contributed by atoms with van der Waals surface area (Å²) in [5.41, 5.74) is 0.797. The Kier molecular flexibility index (Phi) is 37.9. The normalized spacial score (nSPS) is 12.8. The molecule has 8 N–H and O–H groups in total. The van der Waals surface area contributed by atoms with Gasteiger partial charge >= 0.3 is 0 Å². The predicted molar refractivity (Wildman–Crippen MR) is 201 cm³/mol. The Labute approximate surface area is 282 Å². The lowest BCUT2D eigenvalue weighted by Crippen LogP contribution is -2.56. The van der Waals surface area contributed by atoms with Gasteiger partial charge < -0.3 is 47.3 Å². The highest BCUT2D eigenvalue weighted by molar-refractivity contribution is 4.89. The first-order valence-electron chi connectivity index (χ1n) is 19.2. The molecule has 1 rings (SSSR count). The van der Waals surface area contributed by atoms with Crippen LogP contribution in [0, 0.1) is 10.8 Å². The van der Waals surface area contributed by atoms with E-state index in [0.29, 0.717) is 5.41 Å². The lowest BCUT2D eigenvalue weighted by Gasteiger charge is -2.35. The molecule has 0 spiro atoms. The summed E-state index contributed by atoms with van der Waals surface area (Å²) < 4.78 is 4.50. The van der Waals surface area contributed by atoms with E-state index in [0.717, 1.165) is 118 Å². The van der Waals surface area contributed by atoms with Gasteiger partial charge in [-0.05, 0) is 57.3 Å². The van der Waals surface area contributed by atoms with Gasteiger partial charge in [0.05, 0.1) is 13.2 Å². The molecule has 45 heavy (non-hydrogen) atoms. The van der Waals surface area contributed by atoms with Crippen LogP contribution in [-0.2, 0) is 4.74 Å². The molecule has 0 bridgehead atoms. The number of rotatable bonds is 32. The molecule has 9 heteroatoms. The van der Waals surface area contributed by atoms with Crippen LogP contribution in [0.25, 0.3) is 0 Å². The average molecular weight is 645 g/mol. The summed E-state index contributed by atoms with van der Waals surface area (Å²) in [6, 6.07) is 0. The lowest BCUT2D eigenvalue weighted by molar-refractivity contribution is 0.236.